The van der Waals surface area contributed by atoms with Crippen LogP contribution in [-0.2, 0) is 16.1 Å². The van der Waals surface area contributed by atoms with Crippen LogP contribution in [0.2, 0.25) is 0 Å². The van der Waals surface area contributed by atoms with E-state index >= 15 is 0 Å². The average Bonchev–Trinajstić information content (AvgIpc) is 3.60. The van der Waals surface area contributed by atoms with Crippen molar-refractivity contribution in [3.63, 3.8) is 0 Å². The fourth-order valence-corrected chi connectivity index (χ4v) is 4.52. The molecule has 0 aromatic heterocycles. The Bertz CT molecular complexity index is 1040. The molecule has 1 heterocycles. The molecule has 3 rings (SSSR count). The third kappa shape index (κ3) is 8.00. The second-order valence-electron chi connectivity index (χ2n) is 8.79. The Kier molecular flexibility index (Phi) is 8.45. The molecule has 0 radical (unpaired) electrons. The summed E-state index contributed by atoms with van der Waals surface area (Å²) >= 11 is -0.147. The van der Waals surface area contributed by atoms with E-state index in [4.69, 9.17) is 11.1 Å². The van der Waals surface area contributed by atoms with E-state index in [1.54, 1.807) is 12.1 Å². The van der Waals surface area contributed by atoms with Gasteiger partial charge in [-0.05, 0) is 55.1 Å². The number of rotatable bonds is 9. The number of primary amides is 1. The number of piperidine rings is 1. The number of hydrogen-bond donors (Lipinski definition) is 4. The van der Waals surface area contributed by atoms with E-state index in [0.717, 1.165) is 18.4 Å². The summed E-state index contributed by atoms with van der Waals surface area (Å²) in [6, 6.07) is 8.48. The van der Waals surface area contributed by atoms with Crippen molar-refractivity contribution in [2.75, 3.05) is 13.1 Å². The second-order valence-corrected chi connectivity index (χ2v) is 9.93. The number of halogens is 3. The number of carbonyl (C=O) groups excluding carboxylic acids is 2. The van der Waals surface area contributed by atoms with Crippen molar-refractivity contribution in [3.05, 3.63) is 41.6 Å². The van der Waals surface area contributed by atoms with Crippen molar-refractivity contribution in [1.82, 2.24) is 15.5 Å². The minimum atomic E-state index is -4.35. The van der Waals surface area contributed by atoms with Gasteiger partial charge < -0.3 is 16.4 Å². The standard InChI is InChI=1S/C23H27F3N6O2S/c24-23(25,26)35-17-3-1-2-15(12-17)14-32-10-7-22(6-9-27,8-11-32)30-13-18(20(29)33)19(28)31-21(34)16-4-5-16/h1-3,12-13,16,30H,4-8,10-11,14H2,(H2,29,33)(H2,28,31,34)/b18-13+. The van der Waals surface area contributed by atoms with E-state index < -0.39 is 17.0 Å². The molecular weight excluding hydrogens is 481 g/mol. The number of benzene rings is 1. The number of hydrogen-bond acceptors (Lipinski definition) is 7. The number of thioether (sulfide) groups is 1. The molecule has 12 heteroatoms. The molecule has 2 aliphatic rings. The molecule has 1 saturated heterocycles. The number of likely N-dealkylation sites (tertiary alicyclic amines) is 1. The molecule has 2 amide bonds. The van der Waals surface area contributed by atoms with Gasteiger partial charge in [-0.25, -0.2) is 0 Å². The molecule has 35 heavy (non-hydrogen) atoms. The number of alkyl halides is 3. The fraction of sp³-hybridized carbons (Fsp3) is 0.478. The smallest absolute Gasteiger partial charge is 0.384 e. The van der Waals surface area contributed by atoms with Crippen LogP contribution < -0.4 is 16.4 Å². The molecule has 2 fully saturated rings. The van der Waals surface area contributed by atoms with E-state index in [2.05, 4.69) is 21.6 Å². The number of nitrogens with one attached hydrogen (secondary N) is 3. The first-order chi connectivity index (χ1) is 16.5. The van der Waals surface area contributed by atoms with Crippen LogP contribution in [0.15, 0.2) is 40.9 Å². The third-order valence-corrected chi connectivity index (χ3v) is 6.74. The number of nitrogens with two attached hydrogens (primary N) is 1. The maximum absolute atomic E-state index is 12.7. The van der Waals surface area contributed by atoms with Crippen molar-refractivity contribution >= 4 is 29.4 Å². The highest BCUT2D eigenvalue weighted by Crippen LogP contribution is 2.37. The van der Waals surface area contributed by atoms with Crippen LogP contribution in [0.25, 0.3) is 0 Å². The Balaban J connectivity index is 1.62. The number of nitriles is 1. The largest absolute Gasteiger partial charge is 0.446 e. The SMILES string of the molecule is N#CCC1(N/C=C(\C(=N)NC(=O)C2CC2)C(N)=O)CCN(Cc2cccc(SC(F)(F)F)c2)CC1. The van der Waals surface area contributed by atoms with Gasteiger partial charge in [0.15, 0.2) is 0 Å². The highest BCUT2D eigenvalue weighted by molar-refractivity contribution is 8.00. The van der Waals surface area contributed by atoms with Gasteiger partial charge in [0.2, 0.25) is 5.91 Å². The Labute approximate surface area is 205 Å². The van der Waals surface area contributed by atoms with Crippen LogP contribution in [0.3, 0.4) is 0 Å². The van der Waals surface area contributed by atoms with Crippen LogP contribution in [0, 0.1) is 22.7 Å². The summed E-state index contributed by atoms with van der Waals surface area (Å²) in [5, 5.41) is 22.9. The van der Waals surface area contributed by atoms with Gasteiger partial charge in [-0.2, -0.15) is 18.4 Å². The maximum atomic E-state index is 12.7. The molecule has 1 aromatic carbocycles. The Morgan fingerprint density at radius 3 is 2.57 bits per heavy atom. The molecule has 1 saturated carbocycles. The molecule has 5 N–H and O–H groups in total. The van der Waals surface area contributed by atoms with E-state index in [1.165, 1.54) is 18.3 Å². The van der Waals surface area contributed by atoms with Crippen molar-refractivity contribution in [2.24, 2.45) is 11.7 Å². The van der Waals surface area contributed by atoms with Gasteiger partial charge >= 0.3 is 5.51 Å². The monoisotopic (exact) mass is 508 g/mol. The van der Waals surface area contributed by atoms with Gasteiger partial charge in [0.05, 0.1) is 23.6 Å². The first-order valence-electron chi connectivity index (χ1n) is 11.1. The maximum Gasteiger partial charge on any atom is 0.446 e. The van der Waals surface area contributed by atoms with Gasteiger partial charge in [-0.1, -0.05) is 12.1 Å². The quantitative estimate of drug-likeness (QED) is 0.175. The molecule has 188 valence electrons. The molecule has 8 nitrogen and oxygen atoms in total. The molecule has 0 bridgehead atoms. The zero-order chi connectivity index (χ0) is 25.6. The highest BCUT2D eigenvalue weighted by atomic mass is 32.2. The lowest BCUT2D eigenvalue weighted by Gasteiger charge is -2.41. The van der Waals surface area contributed by atoms with Crippen molar-refractivity contribution < 1.29 is 22.8 Å². The molecule has 0 spiro atoms. The first kappa shape index (κ1) is 26.6. The van der Waals surface area contributed by atoms with Gasteiger partial charge in [0.1, 0.15) is 5.84 Å². The van der Waals surface area contributed by atoms with Gasteiger partial charge in [0, 0.05) is 36.6 Å². The first-order valence-corrected chi connectivity index (χ1v) is 11.9. The predicted octanol–water partition coefficient (Wildman–Crippen LogP) is 3.01. The van der Waals surface area contributed by atoms with Crippen LogP contribution in [-0.4, -0.2) is 46.7 Å². The number of amidine groups is 1. The van der Waals surface area contributed by atoms with Gasteiger partial charge in [-0.15, -0.1) is 0 Å². The van der Waals surface area contributed by atoms with Crippen molar-refractivity contribution in [1.29, 1.82) is 10.7 Å². The summed E-state index contributed by atoms with van der Waals surface area (Å²) < 4.78 is 38.0. The van der Waals surface area contributed by atoms with E-state index in [9.17, 15) is 28.0 Å². The lowest BCUT2D eigenvalue weighted by atomic mass is 9.84. The third-order valence-electron chi connectivity index (χ3n) is 6.02. The Morgan fingerprint density at radius 1 is 1.31 bits per heavy atom. The summed E-state index contributed by atoms with van der Waals surface area (Å²) in [4.78, 5) is 26.0. The Morgan fingerprint density at radius 2 is 2.00 bits per heavy atom. The number of amides is 2. The summed E-state index contributed by atoms with van der Waals surface area (Å²) in [6.07, 6.45) is 4.00. The summed E-state index contributed by atoms with van der Waals surface area (Å²) in [6.45, 7) is 1.61. The predicted molar refractivity (Wildman–Crippen MR) is 125 cm³/mol. The number of nitrogens with zero attached hydrogens (tertiary/aromatic N) is 2. The summed E-state index contributed by atoms with van der Waals surface area (Å²) in [7, 11) is 0. The lowest BCUT2D eigenvalue weighted by Crippen LogP contribution is -2.51. The normalized spacial score (nSPS) is 18.4. The minimum absolute atomic E-state index is 0.132. The van der Waals surface area contributed by atoms with Crippen LogP contribution in [0.1, 0.15) is 37.7 Å². The van der Waals surface area contributed by atoms with Gasteiger partial charge in [0.25, 0.3) is 5.91 Å². The summed E-state index contributed by atoms with van der Waals surface area (Å²) in [5.41, 5.74) is 0.976. The van der Waals surface area contributed by atoms with Crippen LogP contribution >= 0.6 is 11.8 Å². The molecule has 0 atom stereocenters. The lowest BCUT2D eigenvalue weighted by molar-refractivity contribution is -0.120. The molecule has 0 unspecified atom stereocenters. The fourth-order valence-electron chi connectivity index (χ4n) is 3.89. The minimum Gasteiger partial charge on any atom is -0.384 e. The second kappa shape index (κ2) is 11.1. The zero-order valence-corrected chi connectivity index (χ0v) is 19.8. The highest BCUT2D eigenvalue weighted by Gasteiger charge is 2.35. The van der Waals surface area contributed by atoms with Crippen molar-refractivity contribution in [2.45, 2.75) is 54.6 Å². The number of carbonyl (C=O) groups is 2. The average molecular weight is 509 g/mol. The topological polar surface area (TPSA) is 135 Å². The van der Waals surface area contributed by atoms with E-state index in [0.29, 0.717) is 32.5 Å². The van der Waals surface area contributed by atoms with E-state index in [1.807, 2.05) is 0 Å². The Hall–Kier alpha value is -3.04. The van der Waals surface area contributed by atoms with E-state index in [-0.39, 0.29) is 46.3 Å². The molecule has 1 aromatic rings. The molecular formula is C23H27F3N6O2S. The van der Waals surface area contributed by atoms with Gasteiger partial charge in [-0.3, -0.25) is 19.9 Å². The van der Waals surface area contributed by atoms with Crippen LogP contribution in [0.4, 0.5) is 13.2 Å². The molecule has 1 aliphatic heterocycles. The summed E-state index contributed by atoms with van der Waals surface area (Å²) in [5.74, 6) is -1.72. The van der Waals surface area contributed by atoms with Crippen LogP contribution in [0.5, 0.6) is 0 Å². The molecule has 1 aliphatic carbocycles. The van der Waals surface area contributed by atoms with Crippen molar-refractivity contribution in [3.8, 4) is 6.07 Å². The zero-order valence-electron chi connectivity index (χ0n) is 19.0.